The number of phenolic OH excluding ortho intramolecular Hbond substituents is 2. The lowest BCUT2D eigenvalue weighted by molar-refractivity contribution is 0.477. The molecule has 2 N–H and O–H groups in total. The third-order valence-corrected chi connectivity index (χ3v) is 21.7. The molecular formula is C65H54N4O2P2. The molecular weight excluding hydrogens is 931 g/mol. The Bertz CT molecular complexity index is 3670. The molecule has 0 amide bonds. The monoisotopic (exact) mass is 984 g/mol. The molecule has 12 aromatic rings. The van der Waals surface area contributed by atoms with E-state index >= 15 is 0 Å². The highest BCUT2D eigenvalue weighted by Gasteiger charge is 2.34. The zero-order chi connectivity index (χ0) is 49.5. The Morgan fingerprint density at radius 2 is 0.603 bits per heavy atom. The molecule has 6 nitrogen and oxygen atoms in total. The predicted molar refractivity (Wildman–Crippen MR) is 311 cm³/mol. The average Bonchev–Trinajstić information content (AvgIpc) is 3.96. The minimum Gasteiger partial charge on any atom is -0.505 e. The van der Waals surface area contributed by atoms with Gasteiger partial charge in [0.2, 0.25) is 0 Å². The first-order valence-corrected chi connectivity index (χ1v) is 28.4. The number of phenols is 2. The van der Waals surface area contributed by atoms with Crippen LogP contribution in [0.4, 0.5) is 0 Å². The summed E-state index contributed by atoms with van der Waals surface area (Å²) in [6.07, 6.45) is 0.626. The Hall–Kier alpha value is -8.14. The molecule has 8 heteroatoms. The summed E-state index contributed by atoms with van der Waals surface area (Å²) in [5.41, 5.74) is 7.64. The summed E-state index contributed by atoms with van der Waals surface area (Å²) in [5.74, 6) is 0.442. The average molecular weight is 985 g/mol. The predicted octanol–water partition coefficient (Wildman–Crippen LogP) is 14.0. The molecule has 0 saturated carbocycles. The highest BCUT2D eigenvalue weighted by Crippen LogP contribution is 2.53. The lowest BCUT2D eigenvalue weighted by atomic mass is 10.2. The summed E-state index contributed by atoms with van der Waals surface area (Å²) in [7, 11) is -5.85. The Balaban J connectivity index is 1.05. The van der Waals surface area contributed by atoms with Crippen molar-refractivity contribution in [3.8, 4) is 22.9 Å². The second-order valence-corrected chi connectivity index (χ2v) is 24.9. The van der Waals surface area contributed by atoms with Gasteiger partial charge in [-0.3, -0.25) is 9.49 Å². The fourth-order valence-electron chi connectivity index (χ4n) is 11.1. The molecule has 0 fully saturated rings. The fourth-order valence-corrected chi connectivity index (χ4v) is 18.7. The van der Waals surface area contributed by atoms with E-state index in [2.05, 4.69) is 241 Å². The first kappa shape index (κ1) is 46.0. The van der Waals surface area contributed by atoms with Gasteiger partial charge in [0, 0.05) is 66.5 Å². The van der Waals surface area contributed by atoms with Gasteiger partial charge in [0.05, 0.1) is 47.6 Å². The minimum absolute atomic E-state index is 0.221. The maximum Gasteiger partial charge on any atom is 0.149 e. The Morgan fingerprint density at radius 3 is 0.890 bits per heavy atom. The molecule has 12 rings (SSSR count). The van der Waals surface area contributed by atoms with Crippen LogP contribution >= 0.6 is 14.1 Å². The van der Waals surface area contributed by atoms with Gasteiger partial charge in [-0.15, -0.1) is 0 Å². The van der Waals surface area contributed by atoms with Crippen molar-refractivity contribution in [3.63, 3.8) is 0 Å². The van der Waals surface area contributed by atoms with Gasteiger partial charge in [0.25, 0.3) is 0 Å². The van der Waals surface area contributed by atoms with E-state index in [-0.39, 0.29) is 11.5 Å². The highest BCUT2D eigenvalue weighted by molar-refractivity contribution is 7.88. The number of nitrogens with zero attached hydrogens (tertiary/aromatic N) is 4. The van der Waals surface area contributed by atoms with Crippen molar-refractivity contribution in [2.45, 2.75) is 20.3 Å². The summed E-state index contributed by atoms with van der Waals surface area (Å²) < 4.78 is 16.3. The molecule has 2 heterocycles. The van der Waals surface area contributed by atoms with E-state index in [1.165, 1.54) is 0 Å². The Labute approximate surface area is 426 Å². The van der Waals surface area contributed by atoms with Crippen LogP contribution in [0, 0.1) is 13.8 Å². The highest BCUT2D eigenvalue weighted by atomic mass is 31.2. The van der Waals surface area contributed by atoms with Crippen LogP contribution in [0.25, 0.3) is 55.0 Å². The molecule has 0 atom stereocenters. The lowest BCUT2D eigenvalue weighted by Gasteiger charge is -2.30. The first-order chi connectivity index (χ1) is 35.9. The number of benzene rings is 10. The van der Waals surface area contributed by atoms with E-state index in [1.807, 2.05) is 24.3 Å². The Morgan fingerprint density at radius 1 is 0.342 bits per heavy atom. The normalized spacial score (nSPS) is 12.0. The van der Waals surface area contributed by atoms with Crippen molar-refractivity contribution in [1.29, 1.82) is 0 Å². The molecule has 0 unspecified atom stereocenters. The topological polar surface area (TPSA) is 75.0 Å². The summed E-state index contributed by atoms with van der Waals surface area (Å²) in [4.78, 5) is 0. The number of aryl methyl sites for hydroxylation is 2. The number of rotatable bonds is 12. The van der Waals surface area contributed by atoms with Crippen LogP contribution in [0.2, 0.25) is 0 Å². The van der Waals surface area contributed by atoms with E-state index in [1.54, 1.807) is 0 Å². The van der Waals surface area contributed by atoms with Crippen LogP contribution in [0.1, 0.15) is 17.5 Å². The van der Waals surface area contributed by atoms with Gasteiger partial charge >= 0.3 is 0 Å². The van der Waals surface area contributed by atoms with E-state index < -0.39 is 14.1 Å². The van der Waals surface area contributed by atoms with Gasteiger partial charge < -0.3 is 19.3 Å². The molecule has 73 heavy (non-hydrogen) atoms. The number of fused-ring (bicyclic) bond motifs is 6. The van der Waals surface area contributed by atoms with Crippen molar-refractivity contribution in [3.05, 3.63) is 254 Å². The number of para-hydroxylation sites is 4. The van der Waals surface area contributed by atoms with Crippen LogP contribution in [0.5, 0.6) is 11.5 Å². The van der Waals surface area contributed by atoms with Crippen LogP contribution in [-0.4, -0.2) is 32.4 Å². The quantitative estimate of drug-likeness (QED) is 0.0945. The molecule has 356 valence electrons. The second-order valence-electron chi connectivity index (χ2n) is 18.7. The van der Waals surface area contributed by atoms with Crippen LogP contribution in [0.15, 0.2) is 252 Å². The zero-order valence-corrected chi connectivity index (χ0v) is 42.6. The minimum atomic E-state index is -2.93. The van der Waals surface area contributed by atoms with Crippen molar-refractivity contribution in [1.82, 2.24) is 9.13 Å². The van der Waals surface area contributed by atoms with Gasteiger partial charge in [0.1, 0.15) is 11.5 Å². The number of hydrogen-bond acceptors (Lipinski definition) is 4. The maximum atomic E-state index is 13.1. The van der Waals surface area contributed by atoms with Crippen molar-refractivity contribution in [2.75, 3.05) is 13.1 Å². The van der Waals surface area contributed by atoms with E-state index in [4.69, 9.17) is 9.49 Å². The molecule has 10 aromatic carbocycles. The van der Waals surface area contributed by atoms with Gasteiger partial charge in [-0.2, -0.15) is 0 Å². The van der Waals surface area contributed by atoms with Crippen LogP contribution in [0.3, 0.4) is 0 Å². The van der Waals surface area contributed by atoms with Gasteiger partial charge in [-0.25, -0.2) is 0 Å². The van der Waals surface area contributed by atoms with E-state index in [0.717, 1.165) is 97.9 Å². The van der Waals surface area contributed by atoms with E-state index in [0.29, 0.717) is 19.5 Å². The molecule has 0 spiro atoms. The third kappa shape index (κ3) is 7.72. The standard InChI is InChI=1S/C65H54N4O2P2/c1-46-42-60(68-56-36-19-15-32-52(56)53-33-16-20-37-57(53)68)64(70)62(44-46)72(48-24-7-3-8-25-48,49-26-9-4-10-27-49)66-40-23-41-67-73(50-28-11-5-12-29-50,51-30-13-6-14-31-51)63-45-47(2)43-61(65(63)71)69-58-38-21-17-34-54(58)55-35-18-22-39-59(55)69/h3-22,24-39,42-45,70-71H,23,40-41H2,1-2H3. The van der Waals surface area contributed by atoms with Crippen molar-refractivity contribution < 1.29 is 10.2 Å². The van der Waals surface area contributed by atoms with Crippen molar-refractivity contribution in [2.24, 2.45) is 9.49 Å². The SMILES string of the molecule is Cc1cc(-n2c3ccccc3c3ccccc32)c(O)c(P(=NCCCN=P(c2ccccc2)(c2ccccc2)c2cc(C)cc(-n3c4ccccc4c4ccccc43)c2O)(c2ccccc2)c2ccccc2)c1. The second kappa shape index (κ2) is 19.1. The number of hydrogen-bond donors (Lipinski definition) is 2. The summed E-state index contributed by atoms with van der Waals surface area (Å²) >= 11 is 0. The van der Waals surface area contributed by atoms with Crippen LogP contribution in [-0.2, 0) is 0 Å². The molecule has 0 aliphatic heterocycles. The molecule has 0 aliphatic rings. The smallest absolute Gasteiger partial charge is 0.149 e. The zero-order valence-electron chi connectivity index (χ0n) is 40.8. The molecule has 0 bridgehead atoms. The first-order valence-electron chi connectivity index (χ1n) is 24.9. The summed E-state index contributed by atoms with van der Waals surface area (Å²) in [6.45, 7) is 5.17. The third-order valence-electron chi connectivity index (χ3n) is 14.2. The van der Waals surface area contributed by atoms with Crippen molar-refractivity contribution >= 4 is 89.5 Å². The summed E-state index contributed by atoms with van der Waals surface area (Å²) in [6, 6.07) is 84.5. The largest absolute Gasteiger partial charge is 0.505 e. The van der Waals surface area contributed by atoms with Crippen LogP contribution < -0.4 is 31.8 Å². The number of aromatic nitrogens is 2. The maximum absolute atomic E-state index is 13.1. The molecule has 2 aromatic heterocycles. The Kier molecular flexibility index (Phi) is 12.0. The lowest BCUT2D eigenvalue weighted by Crippen LogP contribution is -2.27. The number of aromatic hydroxyl groups is 2. The summed E-state index contributed by atoms with van der Waals surface area (Å²) in [5, 5.41) is 36.6. The molecule has 0 saturated heterocycles. The molecule has 0 aliphatic carbocycles. The van der Waals surface area contributed by atoms with Gasteiger partial charge in [0.15, 0.2) is 0 Å². The van der Waals surface area contributed by atoms with E-state index in [9.17, 15) is 10.2 Å². The molecule has 0 radical (unpaired) electrons. The van der Waals surface area contributed by atoms with Gasteiger partial charge in [-0.1, -0.05) is 194 Å². The van der Waals surface area contributed by atoms with Gasteiger partial charge in [-0.05, 0) is 79.9 Å². The fraction of sp³-hybridized carbons (Fsp3) is 0.0769.